The Morgan fingerprint density at radius 3 is 2.64 bits per heavy atom. The van der Waals surface area contributed by atoms with Crippen molar-refractivity contribution in [3.05, 3.63) is 55.0 Å². The van der Waals surface area contributed by atoms with Crippen LogP contribution in [-0.4, -0.2) is 11.1 Å². The van der Waals surface area contributed by atoms with Crippen molar-refractivity contribution < 1.29 is 4.79 Å². The number of carbonyl (C=O) groups is 1. The van der Waals surface area contributed by atoms with E-state index in [1.807, 2.05) is 49.6 Å². The molecule has 1 aromatic heterocycles. The van der Waals surface area contributed by atoms with Crippen LogP contribution in [0.15, 0.2) is 44.0 Å². The molecule has 2 heterocycles. The predicted octanol–water partition coefficient (Wildman–Crippen LogP) is 5.02. The van der Waals surface area contributed by atoms with Crippen LogP contribution >= 0.6 is 39.0 Å². The number of aryl methyl sites for hydroxylation is 2. The fourth-order valence-electron chi connectivity index (χ4n) is 2.10. The van der Waals surface area contributed by atoms with Gasteiger partial charge in [-0.3, -0.25) is 4.79 Å². The zero-order chi connectivity index (χ0) is 15.7. The summed E-state index contributed by atoms with van der Waals surface area (Å²) in [6.07, 6.45) is 1.89. The van der Waals surface area contributed by atoms with Crippen molar-refractivity contribution in [3.63, 3.8) is 0 Å². The predicted molar refractivity (Wildman–Crippen MR) is 98.7 cm³/mol. The van der Waals surface area contributed by atoms with Gasteiger partial charge in [0.2, 0.25) is 0 Å². The molecular weight excluding hydrogens is 380 g/mol. The summed E-state index contributed by atoms with van der Waals surface area (Å²) in [6.45, 7) is 4.04. The maximum Gasteiger partial charge on any atom is 0.264 e. The molecule has 0 atom stereocenters. The Balaban J connectivity index is 1.88. The Morgan fingerprint density at radius 2 is 2.00 bits per heavy atom. The van der Waals surface area contributed by atoms with Gasteiger partial charge in [0.1, 0.15) is 0 Å². The van der Waals surface area contributed by atoms with E-state index in [0.29, 0.717) is 10.1 Å². The van der Waals surface area contributed by atoms with Crippen LogP contribution in [0.1, 0.15) is 16.0 Å². The molecular formula is C16H13BrN2OS2. The number of halogens is 1. The third-order valence-electron chi connectivity index (χ3n) is 3.16. The number of amides is 1. The molecule has 0 unspecified atom stereocenters. The van der Waals surface area contributed by atoms with E-state index in [1.165, 1.54) is 11.8 Å². The minimum atomic E-state index is -0.0977. The van der Waals surface area contributed by atoms with Gasteiger partial charge in [-0.05, 0) is 64.8 Å². The Labute approximate surface area is 145 Å². The summed E-state index contributed by atoms with van der Waals surface area (Å²) in [5.74, 6) is -0.0977. The van der Waals surface area contributed by atoms with Gasteiger partial charge in [-0.2, -0.15) is 0 Å². The number of rotatable bonds is 2. The van der Waals surface area contributed by atoms with Crippen molar-refractivity contribution in [2.75, 3.05) is 0 Å². The smallest absolute Gasteiger partial charge is 0.264 e. The second kappa shape index (κ2) is 6.40. The quantitative estimate of drug-likeness (QED) is 0.728. The molecule has 0 bridgehead atoms. The number of hydrogen-bond acceptors (Lipinski definition) is 4. The average Bonchev–Trinajstić information content (AvgIpc) is 3.01. The monoisotopic (exact) mass is 392 g/mol. The minimum absolute atomic E-state index is 0.0977. The number of para-hydroxylation sites is 1. The van der Waals surface area contributed by atoms with Crippen molar-refractivity contribution in [3.8, 4) is 0 Å². The van der Waals surface area contributed by atoms with Crippen molar-refractivity contribution in [2.24, 2.45) is 4.99 Å². The van der Waals surface area contributed by atoms with Crippen LogP contribution in [0.2, 0.25) is 0 Å². The number of carbonyl (C=O) groups excluding carboxylic acids is 1. The number of hydrogen-bond donors (Lipinski definition) is 1. The molecule has 1 N–H and O–H groups in total. The number of nitrogens with one attached hydrogen (secondary N) is 1. The Kier molecular flexibility index (Phi) is 4.52. The largest absolute Gasteiger partial charge is 0.300 e. The molecule has 3 nitrogen and oxygen atoms in total. The summed E-state index contributed by atoms with van der Waals surface area (Å²) < 4.78 is 1.03. The van der Waals surface area contributed by atoms with E-state index in [9.17, 15) is 4.79 Å². The van der Waals surface area contributed by atoms with E-state index in [2.05, 4.69) is 26.2 Å². The Hall–Kier alpha value is -1.37. The Bertz CT molecular complexity index is 788. The highest BCUT2D eigenvalue weighted by molar-refractivity contribution is 9.10. The first-order chi connectivity index (χ1) is 10.5. The van der Waals surface area contributed by atoms with Crippen LogP contribution in [0.25, 0.3) is 6.08 Å². The zero-order valence-electron chi connectivity index (χ0n) is 12.0. The number of aliphatic imine (C=N–C) groups is 1. The van der Waals surface area contributed by atoms with E-state index in [4.69, 9.17) is 0 Å². The number of thioether (sulfide) groups is 1. The fraction of sp³-hybridized carbons (Fsp3) is 0.125. The molecule has 0 radical (unpaired) electrons. The van der Waals surface area contributed by atoms with Gasteiger partial charge in [0.15, 0.2) is 5.17 Å². The normalized spacial score (nSPS) is 18.2. The second-order valence-corrected chi connectivity index (χ2v) is 7.78. The molecule has 0 aliphatic carbocycles. The van der Waals surface area contributed by atoms with Gasteiger partial charge in [-0.1, -0.05) is 18.2 Å². The van der Waals surface area contributed by atoms with Crippen LogP contribution in [-0.2, 0) is 4.79 Å². The van der Waals surface area contributed by atoms with E-state index in [1.54, 1.807) is 11.3 Å². The molecule has 0 saturated carbocycles. The molecule has 112 valence electrons. The average molecular weight is 393 g/mol. The maximum absolute atomic E-state index is 12.1. The molecule has 1 aliphatic rings. The SMILES string of the molecule is Cc1cccc(C)c1N=C1NC(=O)/C(=C\c2cc(Br)cs2)S1. The van der Waals surface area contributed by atoms with E-state index < -0.39 is 0 Å². The molecule has 1 amide bonds. The molecule has 1 aliphatic heterocycles. The summed E-state index contributed by atoms with van der Waals surface area (Å²) in [6, 6.07) is 8.04. The molecule has 3 rings (SSSR count). The lowest BCUT2D eigenvalue weighted by Crippen LogP contribution is -2.19. The number of amidine groups is 1. The van der Waals surface area contributed by atoms with Crippen molar-refractivity contribution in [1.29, 1.82) is 0 Å². The van der Waals surface area contributed by atoms with Gasteiger partial charge in [0.25, 0.3) is 5.91 Å². The van der Waals surface area contributed by atoms with Crippen molar-refractivity contribution in [2.45, 2.75) is 13.8 Å². The lowest BCUT2D eigenvalue weighted by molar-refractivity contribution is -0.115. The first-order valence-corrected chi connectivity index (χ1v) is 9.11. The molecule has 1 saturated heterocycles. The van der Waals surface area contributed by atoms with Gasteiger partial charge in [-0.25, -0.2) is 4.99 Å². The fourth-order valence-corrected chi connectivity index (χ4v) is 4.37. The first-order valence-electron chi connectivity index (χ1n) is 6.63. The second-order valence-electron chi connectivity index (χ2n) is 4.89. The standard InChI is InChI=1S/C16H13BrN2OS2/c1-9-4-3-5-10(2)14(9)18-16-19-15(20)13(22-16)7-12-6-11(17)8-21-12/h3-8H,1-2H3,(H,18,19,20)/b13-7+. The number of benzene rings is 1. The lowest BCUT2D eigenvalue weighted by Gasteiger charge is -2.04. The maximum atomic E-state index is 12.1. The van der Waals surface area contributed by atoms with Gasteiger partial charge in [0, 0.05) is 14.7 Å². The molecule has 1 aromatic carbocycles. The minimum Gasteiger partial charge on any atom is -0.300 e. The topological polar surface area (TPSA) is 41.5 Å². The number of nitrogens with zero attached hydrogens (tertiary/aromatic N) is 1. The third kappa shape index (κ3) is 3.34. The molecule has 22 heavy (non-hydrogen) atoms. The van der Waals surface area contributed by atoms with Crippen molar-refractivity contribution >= 4 is 61.9 Å². The summed E-state index contributed by atoms with van der Waals surface area (Å²) in [7, 11) is 0. The summed E-state index contributed by atoms with van der Waals surface area (Å²) in [5.41, 5.74) is 3.12. The van der Waals surface area contributed by atoms with E-state index in [-0.39, 0.29) is 5.91 Å². The zero-order valence-corrected chi connectivity index (χ0v) is 15.2. The van der Waals surface area contributed by atoms with Crippen LogP contribution in [0.5, 0.6) is 0 Å². The van der Waals surface area contributed by atoms with Gasteiger partial charge in [-0.15, -0.1) is 11.3 Å². The van der Waals surface area contributed by atoms with Gasteiger partial charge < -0.3 is 5.32 Å². The van der Waals surface area contributed by atoms with Crippen LogP contribution < -0.4 is 5.32 Å². The lowest BCUT2D eigenvalue weighted by atomic mass is 10.1. The summed E-state index contributed by atoms with van der Waals surface area (Å²) in [4.78, 5) is 18.4. The van der Waals surface area contributed by atoms with Crippen LogP contribution in [0, 0.1) is 13.8 Å². The van der Waals surface area contributed by atoms with Gasteiger partial charge >= 0.3 is 0 Å². The molecule has 6 heteroatoms. The van der Waals surface area contributed by atoms with E-state index >= 15 is 0 Å². The molecule has 1 fully saturated rings. The van der Waals surface area contributed by atoms with E-state index in [0.717, 1.165) is 26.2 Å². The third-order valence-corrected chi connectivity index (χ3v) is 5.72. The van der Waals surface area contributed by atoms with Gasteiger partial charge in [0.05, 0.1) is 10.6 Å². The highest BCUT2D eigenvalue weighted by atomic mass is 79.9. The molecule has 0 spiro atoms. The Morgan fingerprint density at radius 1 is 1.27 bits per heavy atom. The first kappa shape index (κ1) is 15.5. The summed E-state index contributed by atoms with van der Waals surface area (Å²) in [5, 5.41) is 5.46. The van der Waals surface area contributed by atoms with Crippen LogP contribution in [0.3, 0.4) is 0 Å². The highest BCUT2D eigenvalue weighted by Gasteiger charge is 2.24. The molecule has 2 aromatic rings. The highest BCUT2D eigenvalue weighted by Crippen LogP contribution is 2.32. The van der Waals surface area contributed by atoms with Crippen molar-refractivity contribution in [1.82, 2.24) is 5.32 Å². The number of thiophene rings is 1. The van der Waals surface area contributed by atoms with Crippen LogP contribution in [0.4, 0.5) is 5.69 Å². The summed E-state index contributed by atoms with van der Waals surface area (Å²) >= 11 is 6.39.